The lowest BCUT2D eigenvalue weighted by atomic mass is 9.86. The third-order valence-electron chi connectivity index (χ3n) is 6.15. The molecule has 0 aliphatic carbocycles. The molecule has 3 aliphatic heterocycles. The van der Waals surface area contributed by atoms with Crippen molar-refractivity contribution < 1.29 is 14.3 Å². The molecule has 2 bridgehead atoms. The molecular formula is C23H24N4O3S. The Labute approximate surface area is 184 Å². The molecule has 0 radical (unpaired) electrons. The van der Waals surface area contributed by atoms with Gasteiger partial charge in [-0.05, 0) is 50.5 Å². The number of nitrogens with one attached hydrogen (secondary N) is 1. The molecule has 8 heteroatoms. The molecule has 3 aromatic rings. The first-order valence-corrected chi connectivity index (χ1v) is 11.3. The van der Waals surface area contributed by atoms with Gasteiger partial charge in [-0.25, -0.2) is 9.78 Å². The van der Waals surface area contributed by atoms with Crippen LogP contribution in [0, 0.1) is 6.92 Å². The molecule has 7 nitrogen and oxygen atoms in total. The number of aryl methyl sites for hydroxylation is 1. The summed E-state index contributed by atoms with van der Waals surface area (Å²) in [6.07, 6.45) is 2.27. The van der Waals surface area contributed by atoms with Gasteiger partial charge in [-0.2, -0.15) is 0 Å². The first kappa shape index (κ1) is 19.8. The average molecular weight is 437 g/mol. The first-order chi connectivity index (χ1) is 15.0. The highest BCUT2D eigenvalue weighted by atomic mass is 32.1. The number of nitrogen functional groups attached to an aromatic ring is 1. The van der Waals surface area contributed by atoms with E-state index < -0.39 is 5.97 Å². The van der Waals surface area contributed by atoms with Gasteiger partial charge in [0.05, 0.1) is 29.2 Å². The van der Waals surface area contributed by atoms with Gasteiger partial charge in [0.15, 0.2) is 0 Å². The van der Waals surface area contributed by atoms with Gasteiger partial charge in [-0.1, -0.05) is 6.07 Å². The Morgan fingerprint density at radius 3 is 2.81 bits per heavy atom. The van der Waals surface area contributed by atoms with E-state index in [0.29, 0.717) is 34.3 Å². The minimum atomic E-state index is -0.418. The zero-order valence-corrected chi connectivity index (χ0v) is 18.3. The SMILES string of the molecule is CCOC(=O)c1ccc(C)c(NC(=O)c2sc3nc4c(cc3c2N)N2CCC4CC2)c1. The lowest BCUT2D eigenvalue weighted by Gasteiger charge is -2.41. The van der Waals surface area contributed by atoms with E-state index in [9.17, 15) is 9.59 Å². The fraction of sp³-hybridized carbons (Fsp3) is 0.348. The molecule has 31 heavy (non-hydrogen) atoms. The molecule has 3 aliphatic rings. The summed E-state index contributed by atoms with van der Waals surface area (Å²) in [6.45, 7) is 6.03. The van der Waals surface area contributed by atoms with Gasteiger partial charge in [0, 0.05) is 30.1 Å². The Kier molecular flexibility index (Phi) is 4.81. The van der Waals surface area contributed by atoms with E-state index in [1.807, 2.05) is 6.92 Å². The predicted molar refractivity (Wildman–Crippen MR) is 123 cm³/mol. The molecule has 2 aromatic heterocycles. The molecule has 0 atom stereocenters. The molecule has 1 aromatic carbocycles. The number of esters is 1. The second-order valence-corrected chi connectivity index (χ2v) is 9.05. The summed E-state index contributed by atoms with van der Waals surface area (Å²) in [5, 5.41) is 3.74. The van der Waals surface area contributed by atoms with Gasteiger partial charge in [-0.15, -0.1) is 11.3 Å². The quantitative estimate of drug-likeness (QED) is 0.592. The second kappa shape index (κ2) is 7.53. The van der Waals surface area contributed by atoms with Crippen molar-refractivity contribution >= 4 is 50.5 Å². The number of amides is 1. The molecule has 3 N–H and O–H groups in total. The lowest BCUT2D eigenvalue weighted by Crippen LogP contribution is -2.39. The van der Waals surface area contributed by atoms with Crippen LogP contribution < -0.4 is 16.0 Å². The van der Waals surface area contributed by atoms with Gasteiger partial charge in [0.1, 0.15) is 9.71 Å². The van der Waals surface area contributed by atoms with Gasteiger partial charge in [0.2, 0.25) is 0 Å². The summed E-state index contributed by atoms with van der Waals surface area (Å²) in [5.41, 5.74) is 10.9. The maximum Gasteiger partial charge on any atom is 0.338 e. The maximum atomic E-state index is 13.1. The second-order valence-electron chi connectivity index (χ2n) is 8.06. The van der Waals surface area contributed by atoms with Crippen molar-refractivity contribution in [2.75, 3.05) is 35.6 Å². The van der Waals surface area contributed by atoms with Crippen LogP contribution in [0.5, 0.6) is 0 Å². The van der Waals surface area contributed by atoms with E-state index in [4.69, 9.17) is 15.5 Å². The van der Waals surface area contributed by atoms with Crippen LogP contribution in [0.2, 0.25) is 0 Å². The zero-order chi connectivity index (χ0) is 21.7. The van der Waals surface area contributed by atoms with Gasteiger partial charge >= 0.3 is 5.97 Å². The summed E-state index contributed by atoms with van der Waals surface area (Å²) < 4.78 is 5.06. The van der Waals surface area contributed by atoms with Crippen LogP contribution in [0.15, 0.2) is 24.3 Å². The van der Waals surface area contributed by atoms with E-state index in [1.54, 1.807) is 25.1 Å². The van der Waals surface area contributed by atoms with Crippen LogP contribution in [-0.4, -0.2) is 36.6 Å². The van der Waals surface area contributed by atoms with Crippen molar-refractivity contribution in [3.63, 3.8) is 0 Å². The Hall–Kier alpha value is -3.13. The van der Waals surface area contributed by atoms with Gasteiger partial charge < -0.3 is 20.7 Å². The van der Waals surface area contributed by atoms with Crippen molar-refractivity contribution in [2.45, 2.75) is 32.6 Å². The summed E-state index contributed by atoms with van der Waals surface area (Å²) in [5.74, 6) is -0.220. The number of nitrogens with zero attached hydrogens (tertiary/aromatic N) is 2. The van der Waals surface area contributed by atoms with Crippen molar-refractivity contribution in [1.29, 1.82) is 0 Å². The van der Waals surface area contributed by atoms with E-state index >= 15 is 0 Å². The molecular weight excluding hydrogens is 412 g/mol. The van der Waals surface area contributed by atoms with Crippen LogP contribution in [0.4, 0.5) is 17.1 Å². The number of nitrogens with two attached hydrogens (primary N) is 1. The number of carbonyl (C=O) groups is 2. The molecule has 0 saturated carbocycles. The number of benzene rings is 1. The molecule has 0 spiro atoms. The number of hydrogen-bond acceptors (Lipinski definition) is 7. The number of piperidine rings is 1. The Morgan fingerprint density at radius 2 is 2.06 bits per heavy atom. The van der Waals surface area contributed by atoms with Crippen LogP contribution in [0.3, 0.4) is 0 Å². The highest BCUT2D eigenvalue weighted by molar-refractivity contribution is 7.21. The fourth-order valence-electron chi connectivity index (χ4n) is 4.44. The topological polar surface area (TPSA) is 97.5 Å². The monoisotopic (exact) mass is 436 g/mol. The van der Waals surface area contributed by atoms with Crippen molar-refractivity contribution in [3.05, 3.63) is 46.0 Å². The number of hydrogen-bond donors (Lipinski definition) is 2. The predicted octanol–water partition coefficient (Wildman–Crippen LogP) is 4.31. The molecule has 1 amide bonds. The fourth-order valence-corrected chi connectivity index (χ4v) is 5.42. The molecule has 160 valence electrons. The number of carbonyl (C=O) groups excluding carboxylic acids is 2. The summed E-state index contributed by atoms with van der Waals surface area (Å²) in [6, 6.07) is 7.21. The third-order valence-corrected chi connectivity index (χ3v) is 7.27. The molecule has 5 heterocycles. The van der Waals surface area contributed by atoms with Crippen LogP contribution in [0.25, 0.3) is 10.2 Å². The minimum absolute atomic E-state index is 0.294. The Bertz CT molecular complexity index is 1210. The highest BCUT2D eigenvalue weighted by Gasteiger charge is 2.33. The van der Waals surface area contributed by atoms with Gasteiger partial charge in [-0.3, -0.25) is 4.79 Å². The maximum absolute atomic E-state index is 13.1. The number of anilines is 3. The number of pyridine rings is 1. The van der Waals surface area contributed by atoms with E-state index in [2.05, 4.69) is 16.3 Å². The van der Waals surface area contributed by atoms with Crippen LogP contribution >= 0.6 is 11.3 Å². The van der Waals surface area contributed by atoms with Crippen molar-refractivity contribution in [3.8, 4) is 0 Å². The third kappa shape index (κ3) is 3.31. The van der Waals surface area contributed by atoms with Crippen molar-refractivity contribution in [1.82, 2.24) is 4.98 Å². The summed E-state index contributed by atoms with van der Waals surface area (Å²) in [7, 11) is 0. The Balaban J connectivity index is 1.48. The average Bonchev–Trinajstić information content (AvgIpc) is 3.11. The molecule has 0 unspecified atom stereocenters. The number of ether oxygens (including phenoxy) is 1. The lowest BCUT2D eigenvalue weighted by molar-refractivity contribution is 0.0526. The number of fused-ring (bicyclic) bond motifs is 3. The normalized spacial score (nSPS) is 15.2. The molecule has 6 rings (SSSR count). The smallest absolute Gasteiger partial charge is 0.338 e. The molecule has 1 saturated heterocycles. The highest BCUT2D eigenvalue weighted by Crippen LogP contribution is 2.45. The number of thiophene rings is 1. The van der Waals surface area contributed by atoms with E-state index in [0.717, 1.165) is 53.1 Å². The van der Waals surface area contributed by atoms with Gasteiger partial charge in [0.25, 0.3) is 5.91 Å². The van der Waals surface area contributed by atoms with E-state index in [1.165, 1.54) is 11.3 Å². The zero-order valence-electron chi connectivity index (χ0n) is 17.5. The number of aromatic nitrogens is 1. The Morgan fingerprint density at radius 1 is 1.29 bits per heavy atom. The summed E-state index contributed by atoms with van der Waals surface area (Å²) >= 11 is 1.32. The summed E-state index contributed by atoms with van der Waals surface area (Å²) in [4.78, 5) is 33.6. The largest absolute Gasteiger partial charge is 0.462 e. The first-order valence-electron chi connectivity index (χ1n) is 10.5. The number of rotatable bonds is 4. The van der Waals surface area contributed by atoms with Crippen LogP contribution in [0.1, 0.15) is 57.0 Å². The molecule has 1 fully saturated rings. The minimum Gasteiger partial charge on any atom is -0.462 e. The standard InChI is InChI=1S/C23H24N4O3S/c1-3-30-23(29)14-5-4-12(2)16(10-14)25-21(28)20-18(24)15-11-17-19(26-22(15)31-20)13-6-8-27(17)9-7-13/h4-5,10-11,13H,3,6-9,24H2,1-2H3,(H,25,28). The van der Waals surface area contributed by atoms with Crippen molar-refractivity contribution in [2.24, 2.45) is 0 Å². The van der Waals surface area contributed by atoms with E-state index in [-0.39, 0.29) is 5.91 Å². The van der Waals surface area contributed by atoms with Crippen LogP contribution in [-0.2, 0) is 4.74 Å².